The zero-order valence-corrected chi connectivity index (χ0v) is 13.6. The molecule has 0 saturated carbocycles. The molecule has 0 radical (unpaired) electrons. The van der Waals surface area contributed by atoms with E-state index in [2.05, 4.69) is 10.6 Å². The molecular formula is C18H17F3N2O3. The Morgan fingerprint density at radius 2 is 1.46 bits per heavy atom. The quantitative estimate of drug-likeness (QED) is 0.688. The first-order chi connectivity index (χ1) is 12.3. The second-order valence-corrected chi connectivity index (χ2v) is 5.52. The van der Waals surface area contributed by atoms with Crippen molar-refractivity contribution in [3.63, 3.8) is 0 Å². The second-order valence-electron chi connectivity index (χ2n) is 5.52. The standard InChI is InChI=1S/C18H17F3N2O3/c19-18(20,21)14-5-3-13(4-6-14)17(26)23-10-9-22-16(25)11-12-1-7-15(24)8-2-12/h1-8,24H,9-11H2,(H,22,25)(H,23,26). The van der Waals surface area contributed by atoms with Gasteiger partial charge in [0.15, 0.2) is 0 Å². The number of carbonyl (C=O) groups excluding carboxylic acids is 2. The van der Waals surface area contributed by atoms with Crippen LogP contribution in [0.4, 0.5) is 13.2 Å². The maximum atomic E-state index is 12.5. The summed E-state index contributed by atoms with van der Waals surface area (Å²) < 4.78 is 37.4. The van der Waals surface area contributed by atoms with Gasteiger partial charge in [0.1, 0.15) is 5.75 Å². The van der Waals surface area contributed by atoms with Crippen molar-refractivity contribution >= 4 is 11.8 Å². The van der Waals surface area contributed by atoms with Crippen LogP contribution in [0.1, 0.15) is 21.5 Å². The molecule has 8 heteroatoms. The van der Waals surface area contributed by atoms with Crippen LogP contribution in [0.5, 0.6) is 5.75 Å². The number of aromatic hydroxyl groups is 1. The SMILES string of the molecule is O=C(Cc1ccc(O)cc1)NCCNC(=O)c1ccc(C(F)(F)F)cc1. The van der Waals surface area contributed by atoms with Gasteiger partial charge >= 0.3 is 6.18 Å². The molecule has 3 N–H and O–H groups in total. The monoisotopic (exact) mass is 366 g/mol. The van der Waals surface area contributed by atoms with E-state index in [1.54, 1.807) is 12.1 Å². The third-order valence-corrected chi connectivity index (χ3v) is 3.51. The highest BCUT2D eigenvalue weighted by molar-refractivity contribution is 5.94. The summed E-state index contributed by atoms with van der Waals surface area (Å²) in [4.78, 5) is 23.6. The summed E-state index contributed by atoms with van der Waals surface area (Å²) in [6, 6.07) is 10.1. The van der Waals surface area contributed by atoms with Crippen LogP contribution in [-0.4, -0.2) is 30.0 Å². The normalized spacial score (nSPS) is 11.0. The summed E-state index contributed by atoms with van der Waals surface area (Å²) in [7, 11) is 0. The predicted octanol–water partition coefficient (Wildman–Crippen LogP) is 2.50. The van der Waals surface area contributed by atoms with Crippen LogP contribution in [0.3, 0.4) is 0 Å². The molecule has 0 atom stereocenters. The number of benzene rings is 2. The number of phenols is 1. The molecule has 0 heterocycles. The maximum Gasteiger partial charge on any atom is 0.416 e. The fourth-order valence-electron chi connectivity index (χ4n) is 2.15. The summed E-state index contributed by atoms with van der Waals surface area (Å²) in [5.41, 5.74) is 0.0121. The highest BCUT2D eigenvalue weighted by Gasteiger charge is 2.30. The minimum Gasteiger partial charge on any atom is -0.508 e. The highest BCUT2D eigenvalue weighted by Crippen LogP contribution is 2.29. The molecule has 2 rings (SSSR count). The number of hydrogen-bond donors (Lipinski definition) is 3. The average molecular weight is 366 g/mol. The Morgan fingerprint density at radius 3 is 2.04 bits per heavy atom. The molecule has 0 spiro atoms. The van der Waals surface area contributed by atoms with E-state index >= 15 is 0 Å². The molecule has 26 heavy (non-hydrogen) atoms. The number of rotatable bonds is 6. The van der Waals surface area contributed by atoms with Gasteiger partial charge in [0.2, 0.25) is 5.91 Å². The number of carbonyl (C=O) groups is 2. The molecule has 5 nitrogen and oxygen atoms in total. The summed E-state index contributed by atoms with van der Waals surface area (Å²) in [5, 5.41) is 14.3. The van der Waals surface area contributed by atoms with Crippen LogP contribution >= 0.6 is 0 Å². The molecular weight excluding hydrogens is 349 g/mol. The second kappa shape index (κ2) is 8.37. The maximum absolute atomic E-state index is 12.5. The van der Waals surface area contributed by atoms with Crippen molar-refractivity contribution in [2.45, 2.75) is 12.6 Å². The molecule has 0 bridgehead atoms. The predicted molar refractivity (Wildman–Crippen MR) is 88.6 cm³/mol. The first-order valence-corrected chi connectivity index (χ1v) is 7.76. The molecule has 0 aliphatic carbocycles. The van der Waals surface area contributed by atoms with E-state index in [0.717, 1.165) is 29.8 Å². The van der Waals surface area contributed by atoms with Crippen LogP contribution < -0.4 is 10.6 Å². The number of nitrogens with one attached hydrogen (secondary N) is 2. The number of halogens is 3. The number of alkyl halides is 3. The lowest BCUT2D eigenvalue weighted by Crippen LogP contribution is -2.35. The van der Waals surface area contributed by atoms with E-state index in [-0.39, 0.29) is 36.7 Å². The molecule has 0 aliphatic rings. The fraction of sp³-hybridized carbons (Fsp3) is 0.222. The van der Waals surface area contributed by atoms with E-state index in [9.17, 15) is 22.8 Å². The summed E-state index contributed by atoms with van der Waals surface area (Å²) in [5.74, 6) is -0.661. The van der Waals surface area contributed by atoms with Gasteiger partial charge < -0.3 is 15.7 Å². The van der Waals surface area contributed by atoms with Crippen LogP contribution in [0.2, 0.25) is 0 Å². The number of phenolic OH excluding ortho intramolecular Hbond substituents is 1. The average Bonchev–Trinajstić information content (AvgIpc) is 2.60. The molecule has 0 aliphatic heterocycles. The molecule has 2 amide bonds. The molecule has 0 fully saturated rings. The number of hydrogen-bond acceptors (Lipinski definition) is 3. The smallest absolute Gasteiger partial charge is 0.416 e. The Kier molecular flexibility index (Phi) is 6.21. The lowest BCUT2D eigenvalue weighted by molar-refractivity contribution is -0.137. The van der Waals surface area contributed by atoms with Gasteiger partial charge in [-0.3, -0.25) is 9.59 Å². The Labute approximate surface area is 147 Å². The summed E-state index contributed by atoms with van der Waals surface area (Å²) in [6.07, 6.45) is -4.32. The molecule has 0 unspecified atom stereocenters. The Balaban J connectivity index is 1.72. The van der Waals surface area contributed by atoms with Crippen molar-refractivity contribution in [2.24, 2.45) is 0 Å². The summed E-state index contributed by atoms with van der Waals surface area (Å²) >= 11 is 0. The van der Waals surface area contributed by atoms with Crippen LogP contribution in [0, 0.1) is 0 Å². The van der Waals surface area contributed by atoms with Gasteiger partial charge in [-0.25, -0.2) is 0 Å². The zero-order valence-electron chi connectivity index (χ0n) is 13.6. The van der Waals surface area contributed by atoms with Crippen molar-refractivity contribution in [3.05, 3.63) is 65.2 Å². The van der Waals surface area contributed by atoms with Gasteiger partial charge in [-0.15, -0.1) is 0 Å². The zero-order chi connectivity index (χ0) is 19.2. The van der Waals surface area contributed by atoms with Gasteiger partial charge in [0.05, 0.1) is 12.0 Å². The van der Waals surface area contributed by atoms with E-state index < -0.39 is 17.6 Å². The van der Waals surface area contributed by atoms with Gasteiger partial charge in [-0.1, -0.05) is 12.1 Å². The van der Waals surface area contributed by atoms with Crippen LogP contribution in [0.25, 0.3) is 0 Å². The van der Waals surface area contributed by atoms with Crippen LogP contribution in [0.15, 0.2) is 48.5 Å². The lowest BCUT2D eigenvalue weighted by Gasteiger charge is -2.09. The molecule has 2 aromatic rings. The van der Waals surface area contributed by atoms with Crippen molar-refractivity contribution in [2.75, 3.05) is 13.1 Å². The van der Waals surface area contributed by atoms with Crippen molar-refractivity contribution in [1.82, 2.24) is 10.6 Å². The Bertz CT molecular complexity index is 757. The third kappa shape index (κ3) is 5.80. The third-order valence-electron chi connectivity index (χ3n) is 3.51. The molecule has 138 valence electrons. The molecule has 2 aromatic carbocycles. The minimum absolute atomic E-state index is 0.105. The van der Waals surface area contributed by atoms with Crippen molar-refractivity contribution < 1.29 is 27.9 Å². The van der Waals surface area contributed by atoms with Gasteiger partial charge in [-0.2, -0.15) is 13.2 Å². The fourth-order valence-corrected chi connectivity index (χ4v) is 2.15. The van der Waals surface area contributed by atoms with Crippen molar-refractivity contribution in [3.8, 4) is 5.75 Å². The van der Waals surface area contributed by atoms with E-state index in [4.69, 9.17) is 5.11 Å². The summed E-state index contributed by atoms with van der Waals surface area (Å²) in [6.45, 7) is 0.324. The van der Waals surface area contributed by atoms with Crippen LogP contribution in [-0.2, 0) is 17.4 Å². The van der Waals surface area contributed by atoms with Gasteiger partial charge in [0, 0.05) is 18.7 Å². The Hall–Kier alpha value is -3.03. The van der Waals surface area contributed by atoms with E-state index in [1.165, 1.54) is 12.1 Å². The highest BCUT2D eigenvalue weighted by atomic mass is 19.4. The van der Waals surface area contributed by atoms with Gasteiger partial charge in [-0.05, 0) is 42.0 Å². The Morgan fingerprint density at radius 1 is 0.885 bits per heavy atom. The first-order valence-electron chi connectivity index (χ1n) is 7.76. The van der Waals surface area contributed by atoms with Gasteiger partial charge in [0.25, 0.3) is 5.91 Å². The van der Waals surface area contributed by atoms with Crippen molar-refractivity contribution in [1.29, 1.82) is 0 Å². The molecule has 0 saturated heterocycles. The largest absolute Gasteiger partial charge is 0.508 e. The molecule has 0 aromatic heterocycles. The lowest BCUT2D eigenvalue weighted by atomic mass is 10.1. The topological polar surface area (TPSA) is 78.4 Å². The minimum atomic E-state index is -4.45. The first kappa shape index (κ1) is 19.3. The van der Waals surface area contributed by atoms with E-state index in [1.807, 2.05) is 0 Å². The van der Waals surface area contributed by atoms with E-state index in [0.29, 0.717) is 0 Å². The number of amides is 2.